The van der Waals surface area contributed by atoms with Gasteiger partial charge in [0, 0.05) is 18.4 Å². The van der Waals surface area contributed by atoms with Crippen molar-refractivity contribution in [3.8, 4) is 0 Å². The molecule has 4 aliphatic rings. The molecule has 3 heterocycles. The average Bonchev–Trinajstić information content (AvgIpc) is 4.33. The molecule has 16 atom stereocenters. The zero-order valence-corrected chi connectivity index (χ0v) is 46.1. The molecule has 11 N–H and O–H groups in total. The first-order valence-electron chi connectivity index (χ1n) is 27.0. The minimum atomic E-state index is -1.89. The number of nitrogens with zero attached hydrogens (tertiary/aromatic N) is 4. The first kappa shape index (κ1) is 60.7. The van der Waals surface area contributed by atoms with Crippen molar-refractivity contribution in [1.82, 2.24) is 52.0 Å². The number of halogens is 1. The van der Waals surface area contributed by atoms with Crippen molar-refractivity contribution in [2.24, 2.45) is 23.7 Å². The van der Waals surface area contributed by atoms with Gasteiger partial charge >= 0.3 is 5.97 Å². The maximum Gasteiger partial charge on any atom is 0.329 e. The highest BCUT2D eigenvalue weighted by Gasteiger charge is 2.49. The quantitative estimate of drug-likeness (QED) is 0.0401. The number of hydroxylamine groups is 4. The lowest BCUT2D eigenvalue weighted by molar-refractivity contribution is -0.316. The van der Waals surface area contributed by atoms with E-state index in [0.29, 0.717) is 22.3 Å². The van der Waals surface area contributed by atoms with Gasteiger partial charge in [0.05, 0.1) is 12.1 Å². The number of aromatic nitrogens is 1. The first-order chi connectivity index (χ1) is 38.0. The molecule has 80 heavy (non-hydrogen) atoms. The molecule has 0 spiro atoms. The molecule has 7 rings (SSSR count). The molecular weight excluding hydrogens is 1060 g/mol. The Bertz CT molecular complexity index is 2750. The molecule has 2 saturated carbocycles. The summed E-state index contributed by atoms with van der Waals surface area (Å²) in [5.74, 6) is -11.0. The van der Waals surface area contributed by atoms with E-state index in [1.807, 2.05) is 13.0 Å². The van der Waals surface area contributed by atoms with E-state index in [9.17, 15) is 50.0 Å². The maximum absolute atomic E-state index is 15.2. The number of cyclic esters (lactones) is 1. The number of nitrogens with one attached hydrogen (secondary N) is 6. The molecule has 2 aliphatic carbocycles. The van der Waals surface area contributed by atoms with Crippen molar-refractivity contribution in [2.45, 2.75) is 152 Å². The Kier molecular flexibility index (Phi) is 20.2. The third-order valence-electron chi connectivity index (χ3n) is 16.0. The summed E-state index contributed by atoms with van der Waals surface area (Å²) >= 11 is 6.00. The van der Waals surface area contributed by atoms with Crippen LogP contribution in [0.3, 0.4) is 0 Å². The number of esters is 1. The zero-order valence-electron chi connectivity index (χ0n) is 45.3. The smallest absolute Gasteiger partial charge is 0.329 e. The molecule has 4 fully saturated rings. The second-order valence-electron chi connectivity index (χ2n) is 21.6. The topological polar surface area (TPSA) is 334 Å². The Morgan fingerprint density at radius 1 is 0.762 bits per heavy atom. The zero-order chi connectivity index (χ0) is 58.3. The first-order valence-corrected chi connectivity index (χ1v) is 27.4. The Labute approximate surface area is 468 Å². The van der Waals surface area contributed by atoms with Crippen molar-refractivity contribution >= 4 is 58.9 Å². The van der Waals surface area contributed by atoms with E-state index >= 15 is 14.4 Å². The van der Waals surface area contributed by atoms with E-state index in [0.717, 1.165) is 0 Å². The predicted octanol–water partition coefficient (Wildman–Crippen LogP) is 3.01. The number of ether oxygens (including phenoxy) is 1. The van der Waals surface area contributed by atoms with Gasteiger partial charge in [0.1, 0.15) is 59.2 Å². The Morgan fingerprint density at radius 3 is 1.84 bits per heavy atom. The van der Waals surface area contributed by atoms with Gasteiger partial charge in [0.25, 0.3) is 5.91 Å². The van der Waals surface area contributed by atoms with Crippen molar-refractivity contribution in [3.63, 3.8) is 0 Å². The number of rotatable bonds is 17. The molecule has 3 aromatic rings. The molecule has 2 aliphatic heterocycles. The van der Waals surface area contributed by atoms with Crippen molar-refractivity contribution < 1.29 is 69.1 Å². The standard InChI is InChI=1S/C55H73ClN10O14/c1-7-15-32-22-42-55(74)80-31(6)47(62-49(68)37(23-35-25-40(35)65(76)77)57-50(69)39-20-21-43(56)64(39)75)53(72)61-45(29(4)33-16-11-9-12-17-33)51(70)58-38(24-36-26-41(36)66(78)79)48(67)60-46(30(5)34-18-13-10-14-19-34)52(71)59-44(28(3)8-2)54(73)63(42)27-32/h7,9-21,28-32,35-38,40-42,44-47,75-79H,8,22-27H2,1-6H3,(H,57,69)(H,58,70)(H,59,71)(H,60,67)(H,61,72)(H,62,68). The van der Waals surface area contributed by atoms with Crippen LogP contribution in [0.1, 0.15) is 114 Å². The fraction of sp³-hybridized carbons (Fsp3) is 0.527. The molecule has 1 aromatic heterocycles. The van der Waals surface area contributed by atoms with Crippen LogP contribution >= 0.6 is 11.6 Å². The molecule has 434 valence electrons. The average molecular weight is 1130 g/mol. The van der Waals surface area contributed by atoms with Crippen LogP contribution < -0.4 is 31.9 Å². The number of fused-ring (bicyclic) bond motifs is 1. The number of allylic oxidation sites excluding steroid dienone is 1. The van der Waals surface area contributed by atoms with Gasteiger partial charge in [-0.1, -0.05) is 129 Å². The van der Waals surface area contributed by atoms with Gasteiger partial charge < -0.3 is 46.7 Å². The van der Waals surface area contributed by atoms with Crippen LogP contribution in [-0.4, -0.2) is 160 Å². The molecule has 7 amide bonds. The number of hydrogen-bond acceptors (Lipinski definition) is 16. The molecule has 16 unspecified atom stereocenters. The lowest BCUT2D eigenvalue weighted by Crippen LogP contribution is -2.62. The van der Waals surface area contributed by atoms with Crippen LogP contribution in [0.5, 0.6) is 0 Å². The summed E-state index contributed by atoms with van der Waals surface area (Å²) in [4.78, 5) is 120. The summed E-state index contributed by atoms with van der Waals surface area (Å²) in [5.41, 5.74) is 0.801. The molecule has 24 nitrogen and oxygen atoms in total. The summed E-state index contributed by atoms with van der Waals surface area (Å²) in [5, 5.41) is 66.2. The second kappa shape index (κ2) is 26.6. The minimum Gasteiger partial charge on any atom is -0.458 e. The highest BCUT2D eigenvalue weighted by atomic mass is 35.5. The monoisotopic (exact) mass is 1130 g/mol. The van der Waals surface area contributed by atoms with Crippen LogP contribution in [0.25, 0.3) is 0 Å². The Hall–Kier alpha value is -6.93. The van der Waals surface area contributed by atoms with Gasteiger partial charge in [-0.05, 0) is 92.9 Å². The van der Waals surface area contributed by atoms with Crippen LogP contribution in [0, 0.1) is 23.7 Å². The molecule has 25 heteroatoms. The third-order valence-corrected chi connectivity index (χ3v) is 16.3. The fourth-order valence-corrected chi connectivity index (χ4v) is 10.9. The lowest BCUT2D eigenvalue weighted by atomic mass is 9.90. The van der Waals surface area contributed by atoms with E-state index in [4.69, 9.17) is 16.3 Å². The Morgan fingerprint density at radius 2 is 1.31 bits per heavy atom. The number of hydrogen-bond donors (Lipinski definition) is 11. The molecule has 0 bridgehead atoms. The summed E-state index contributed by atoms with van der Waals surface area (Å²) < 4.78 is 6.48. The normalized spacial score (nSPS) is 29.4. The Balaban J connectivity index is 1.33. The summed E-state index contributed by atoms with van der Waals surface area (Å²) in [6, 6.07) is 7.66. The molecular formula is C55H73ClN10O14. The fourth-order valence-electron chi connectivity index (χ4n) is 10.7. The molecule has 2 saturated heterocycles. The summed E-state index contributed by atoms with van der Waals surface area (Å²) in [6.07, 6.45) is 2.39. The van der Waals surface area contributed by atoms with Gasteiger partial charge in [0.2, 0.25) is 35.4 Å². The van der Waals surface area contributed by atoms with Crippen LogP contribution in [0.15, 0.2) is 84.9 Å². The van der Waals surface area contributed by atoms with Crippen LogP contribution in [0.4, 0.5) is 0 Å². The van der Waals surface area contributed by atoms with Crippen molar-refractivity contribution in [2.75, 3.05) is 6.54 Å². The second-order valence-corrected chi connectivity index (χ2v) is 22.0. The van der Waals surface area contributed by atoms with Gasteiger partial charge in [-0.15, -0.1) is 0 Å². The van der Waals surface area contributed by atoms with Gasteiger partial charge in [-0.25, -0.2) is 4.79 Å². The highest BCUT2D eigenvalue weighted by Crippen LogP contribution is 2.39. The van der Waals surface area contributed by atoms with Crippen molar-refractivity contribution in [3.05, 3.63) is 107 Å². The summed E-state index contributed by atoms with van der Waals surface area (Å²) in [6.45, 7) is 10.0. The van der Waals surface area contributed by atoms with Gasteiger partial charge in [-0.2, -0.15) is 4.73 Å². The van der Waals surface area contributed by atoms with E-state index in [1.165, 1.54) is 24.0 Å². The number of amides is 7. The highest BCUT2D eigenvalue weighted by molar-refractivity contribution is 6.30. The third kappa shape index (κ3) is 14.5. The number of carbonyl (C=O) groups is 8. The van der Waals surface area contributed by atoms with Gasteiger partial charge in [0.15, 0.2) is 0 Å². The predicted molar refractivity (Wildman–Crippen MR) is 285 cm³/mol. The van der Waals surface area contributed by atoms with E-state index in [2.05, 4.69) is 31.9 Å². The number of benzene rings is 2. The maximum atomic E-state index is 15.2. The molecule has 0 radical (unpaired) electrons. The van der Waals surface area contributed by atoms with E-state index in [1.54, 1.807) is 94.4 Å². The molecule has 2 aromatic carbocycles. The van der Waals surface area contributed by atoms with Crippen LogP contribution in [0.2, 0.25) is 5.15 Å². The van der Waals surface area contributed by atoms with E-state index < -0.39 is 137 Å². The summed E-state index contributed by atoms with van der Waals surface area (Å²) in [7, 11) is 0. The van der Waals surface area contributed by atoms with Crippen LogP contribution in [-0.2, 0) is 38.3 Å². The lowest BCUT2D eigenvalue weighted by Gasteiger charge is -2.34. The van der Waals surface area contributed by atoms with Crippen molar-refractivity contribution in [1.29, 1.82) is 0 Å². The minimum absolute atomic E-state index is 0.0161. The number of carbonyl (C=O) groups excluding carboxylic acids is 8. The van der Waals surface area contributed by atoms with Gasteiger partial charge in [-0.3, -0.25) is 54.4 Å². The largest absolute Gasteiger partial charge is 0.458 e. The SMILES string of the molecule is CC=CC1CC2C(=O)OC(C)C(NC(=O)C(CC3CC3N(O)O)NC(=O)c3ccc(Cl)n3O)C(=O)NC(C(C)c3ccccc3)C(=O)NC(CC3CC3N(O)O)C(=O)NC(C(C)c3ccccc3)C(=O)NC(C(C)CC)C(=O)N2C1. The van der Waals surface area contributed by atoms with E-state index in [-0.39, 0.29) is 65.9 Å².